The van der Waals surface area contributed by atoms with Crippen LogP contribution in [0, 0.1) is 6.92 Å². The Labute approximate surface area is 137 Å². The number of fused-ring (bicyclic) bond motifs is 2. The molecule has 0 saturated carbocycles. The number of hydrogen-bond acceptors (Lipinski definition) is 4. The topological polar surface area (TPSA) is 88.5 Å². The number of amides is 1. The van der Waals surface area contributed by atoms with Crippen molar-refractivity contribution < 1.29 is 4.79 Å². The van der Waals surface area contributed by atoms with E-state index in [4.69, 9.17) is 0 Å². The normalized spacial score (nSPS) is 11.2. The highest BCUT2D eigenvalue weighted by molar-refractivity contribution is 5.97. The van der Waals surface area contributed by atoms with Crippen LogP contribution in [-0.2, 0) is 6.54 Å². The van der Waals surface area contributed by atoms with Gasteiger partial charge in [0.15, 0.2) is 0 Å². The summed E-state index contributed by atoms with van der Waals surface area (Å²) in [5.41, 5.74) is 4.04. The number of aromatic amines is 1. The molecule has 0 atom stereocenters. The predicted octanol–water partition coefficient (Wildman–Crippen LogP) is 2.05. The van der Waals surface area contributed by atoms with Gasteiger partial charge in [-0.15, -0.1) is 0 Å². The number of carbonyl (C=O) groups excluding carboxylic acids is 1. The average Bonchev–Trinajstić information content (AvgIpc) is 3.18. The van der Waals surface area contributed by atoms with Gasteiger partial charge in [-0.05, 0) is 37.3 Å². The van der Waals surface area contributed by atoms with Crippen molar-refractivity contribution in [3.05, 3.63) is 53.9 Å². The van der Waals surface area contributed by atoms with Gasteiger partial charge in [-0.2, -0.15) is 15.4 Å². The molecule has 7 nitrogen and oxygen atoms in total. The van der Waals surface area contributed by atoms with Crippen molar-refractivity contribution in [1.82, 2.24) is 30.3 Å². The summed E-state index contributed by atoms with van der Waals surface area (Å²) in [5.74, 6) is 0.816. The number of H-pyrrole nitrogens is 1. The van der Waals surface area contributed by atoms with E-state index in [0.29, 0.717) is 24.2 Å². The maximum absolute atomic E-state index is 12.3. The molecule has 2 N–H and O–H groups in total. The fourth-order valence-corrected chi connectivity index (χ4v) is 2.84. The van der Waals surface area contributed by atoms with Crippen LogP contribution < -0.4 is 5.32 Å². The Bertz CT molecular complexity index is 1030. The second-order valence-corrected chi connectivity index (χ2v) is 5.58. The summed E-state index contributed by atoms with van der Waals surface area (Å²) in [6.45, 7) is 3.17. The Morgan fingerprint density at radius 3 is 2.88 bits per heavy atom. The van der Waals surface area contributed by atoms with E-state index < -0.39 is 0 Å². The van der Waals surface area contributed by atoms with E-state index in [1.54, 1.807) is 18.2 Å². The molecule has 1 amide bonds. The molecule has 7 heteroatoms. The van der Waals surface area contributed by atoms with E-state index >= 15 is 0 Å². The summed E-state index contributed by atoms with van der Waals surface area (Å²) in [4.78, 5) is 16.8. The van der Waals surface area contributed by atoms with E-state index in [0.717, 1.165) is 22.4 Å². The Morgan fingerprint density at radius 2 is 1.96 bits per heavy atom. The molecular formula is C17H16N6O. The molecule has 0 bridgehead atoms. The van der Waals surface area contributed by atoms with Gasteiger partial charge in [-0.3, -0.25) is 4.79 Å². The molecule has 4 rings (SSSR count). The Balaban J connectivity index is 1.46. The maximum Gasteiger partial charge on any atom is 0.251 e. The molecule has 24 heavy (non-hydrogen) atoms. The molecule has 4 aromatic rings. The van der Waals surface area contributed by atoms with Crippen LogP contribution in [0.3, 0.4) is 0 Å². The van der Waals surface area contributed by atoms with Crippen molar-refractivity contribution in [3.63, 3.8) is 0 Å². The number of benzene rings is 2. The largest absolute Gasteiger partial charge is 0.350 e. The third-order valence-corrected chi connectivity index (χ3v) is 4.04. The van der Waals surface area contributed by atoms with Crippen LogP contribution in [0.1, 0.15) is 16.2 Å². The molecule has 2 aromatic carbocycles. The Hall–Kier alpha value is -3.22. The number of nitrogens with one attached hydrogen (secondary N) is 2. The highest BCUT2D eigenvalue weighted by Crippen LogP contribution is 2.15. The lowest BCUT2D eigenvalue weighted by Gasteiger charge is -2.08. The first-order chi connectivity index (χ1) is 11.7. The zero-order valence-corrected chi connectivity index (χ0v) is 13.2. The summed E-state index contributed by atoms with van der Waals surface area (Å²) in [7, 11) is 0. The number of carbonyl (C=O) groups is 1. The van der Waals surface area contributed by atoms with Gasteiger partial charge < -0.3 is 9.88 Å². The van der Waals surface area contributed by atoms with Crippen molar-refractivity contribution in [1.29, 1.82) is 0 Å². The lowest BCUT2D eigenvalue weighted by Crippen LogP contribution is -2.27. The van der Waals surface area contributed by atoms with Crippen molar-refractivity contribution in [3.8, 4) is 0 Å². The summed E-state index contributed by atoms with van der Waals surface area (Å²) in [6, 6.07) is 13.2. The minimum Gasteiger partial charge on any atom is -0.350 e. The van der Waals surface area contributed by atoms with Crippen LogP contribution in [-0.4, -0.2) is 37.4 Å². The maximum atomic E-state index is 12.3. The molecule has 2 heterocycles. The Kier molecular flexibility index (Phi) is 3.45. The van der Waals surface area contributed by atoms with Crippen LogP contribution in [0.15, 0.2) is 42.5 Å². The summed E-state index contributed by atoms with van der Waals surface area (Å²) in [6.07, 6.45) is 0. The molecule has 0 radical (unpaired) electrons. The van der Waals surface area contributed by atoms with E-state index in [-0.39, 0.29) is 5.91 Å². The van der Waals surface area contributed by atoms with Gasteiger partial charge in [0.25, 0.3) is 5.91 Å². The van der Waals surface area contributed by atoms with Crippen LogP contribution in [0.25, 0.3) is 22.1 Å². The second-order valence-electron chi connectivity index (χ2n) is 5.58. The molecule has 2 aromatic heterocycles. The highest BCUT2D eigenvalue weighted by Gasteiger charge is 2.09. The van der Waals surface area contributed by atoms with Gasteiger partial charge in [0.05, 0.1) is 11.0 Å². The highest BCUT2D eigenvalue weighted by atomic mass is 16.1. The van der Waals surface area contributed by atoms with Gasteiger partial charge in [0, 0.05) is 18.7 Å². The average molecular weight is 320 g/mol. The minimum atomic E-state index is -0.123. The van der Waals surface area contributed by atoms with Crippen molar-refractivity contribution in [2.45, 2.75) is 13.5 Å². The van der Waals surface area contributed by atoms with Gasteiger partial charge >= 0.3 is 0 Å². The molecule has 0 fully saturated rings. The summed E-state index contributed by atoms with van der Waals surface area (Å²) >= 11 is 0. The number of aryl methyl sites for hydroxylation is 1. The van der Waals surface area contributed by atoms with Gasteiger partial charge in [-0.1, -0.05) is 12.1 Å². The van der Waals surface area contributed by atoms with Crippen molar-refractivity contribution in [2.75, 3.05) is 6.54 Å². The number of para-hydroxylation sites is 2. The van der Waals surface area contributed by atoms with Gasteiger partial charge in [0.2, 0.25) is 0 Å². The lowest BCUT2D eigenvalue weighted by molar-refractivity contribution is 0.0952. The van der Waals surface area contributed by atoms with Crippen molar-refractivity contribution in [2.24, 2.45) is 0 Å². The fraction of sp³-hybridized carbons (Fsp3) is 0.176. The van der Waals surface area contributed by atoms with Gasteiger partial charge in [-0.25, -0.2) is 4.98 Å². The zero-order chi connectivity index (χ0) is 16.5. The zero-order valence-electron chi connectivity index (χ0n) is 13.2. The van der Waals surface area contributed by atoms with Crippen LogP contribution in [0.4, 0.5) is 0 Å². The molecule has 0 saturated heterocycles. The number of rotatable bonds is 4. The van der Waals surface area contributed by atoms with Gasteiger partial charge in [0.1, 0.15) is 16.9 Å². The number of imidazole rings is 1. The molecule has 0 unspecified atom stereocenters. The Morgan fingerprint density at radius 1 is 1.12 bits per heavy atom. The minimum absolute atomic E-state index is 0.123. The van der Waals surface area contributed by atoms with Crippen LogP contribution >= 0.6 is 0 Å². The fourth-order valence-electron chi connectivity index (χ4n) is 2.84. The molecule has 0 aliphatic heterocycles. The van der Waals surface area contributed by atoms with Crippen LogP contribution in [0.2, 0.25) is 0 Å². The molecule has 0 spiro atoms. The van der Waals surface area contributed by atoms with E-state index in [1.165, 1.54) is 0 Å². The third-order valence-electron chi connectivity index (χ3n) is 4.04. The quantitative estimate of drug-likeness (QED) is 0.602. The lowest BCUT2D eigenvalue weighted by atomic mass is 10.2. The summed E-state index contributed by atoms with van der Waals surface area (Å²) < 4.78 is 2.11. The second kappa shape index (κ2) is 5.77. The standard InChI is InChI=1S/C17H16N6O/c1-11-19-14-4-2-3-5-16(14)23(11)9-8-18-17(24)12-6-7-13-15(10-12)21-22-20-13/h2-7,10H,8-9H2,1H3,(H,18,24)(H,20,21,22). The first-order valence-corrected chi connectivity index (χ1v) is 7.73. The van der Waals surface area contributed by atoms with Crippen LogP contribution in [0.5, 0.6) is 0 Å². The van der Waals surface area contributed by atoms with E-state index in [2.05, 4.69) is 30.3 Å². The third kappa shape index (κ3) is 2.50. The monoisotopic (exact) mass is 320 g/mol. The number of nitrogens with zero attached hydrogens (tertiary/aromatic N) is 4. The molecule has 120 valence electrons. The van der Waals surface area contributed by atoms with Crippen molar-refractivity contribution >= 4 is 28.0 Å². The first-order valence-electron chi connectivity index (χ1n) is 7.73. The first kappa shape index (κ1) is 14.4. The van der Waals surface area contributed by atoms with E-state index in [1.807, 2.05) is 31.2 Å². The smallest absolute Gasteiger partial charge is 0.251 e. The summed E-state index contributed by atoms with van der Waals surface area (Å²) in [5, 5.41) is 13.5. The molecule has 0 aliphatic rings. The number of hydrogen-bond donors (Lipinski definition) is 2. The number of aromatic nitrogens is 5. The predicted molar refractivity (Wildman–Crippen MR) is 90.7 cm³/mol. The molecule has 0 aliphatic carbocycles. The SMILES string of the molecule is Cc1nc2ccccc2n1CCNC(=O)c1ccc2n[nH]nc2c1. The molecular weight excluding hydrogens is 304 g/mol. The van der Waals surface area contributed by atoms with E-state index in [9.17, 15) is 4.79 Å².